The van der Waals surface area contributed by atoms with Crippen LogP contribution in [-0.2, 0) is 10.0 Å². The number of fused-ring (bicyclic) bond motifs is 1. The van der Waals surface area contributed by atoms with Gasteiger partial charge in [-0.25, -0.2) is 8.42 Å². The lowest BCUT2D eigenvalue weighted by Crippen LogP contribution is -2.37. The van der Waals surface area contributed by atoms with Crippen molar-refractivity contribution in [2.75, 3.05) is 20.1 Å². The summed E-state index contributed by atoms with van der Waals surface area (Å²) >= 11 is 0. The van der Waals surface area contributed by atoms with Crippen LogP contribution in [0.25, 0.3) is 10.9 Å². The molecule has 1 saturated heterocycles. The third-order valence-corrected chi connectivity index (χ3v) is 6.34. The summed E-state index contributed by atoms with van der Waals surface area (Å²) in [4.78, 5) is 14.9. The number of carbonyl (C=O) groups excluding carboxylic acids is 1. The van der Waals surface area contributed by atoms with Gasteiger partial charge >= 0.3 is 0 Å². The Morgan fingerprint density at radius 1 is 1.26 bits per heavy atom. The third-order valence-electron chi connectivity index (χ3n) is 4.44. The van der Waals surface area contributed by atoms with Crippen molar-refractivity contribution in [1.82, 2.24) is 14.6 Å². The van der Waals surface area contributed by atoms with E-state index >= 15 is 0 Å². The highest BCUT2D eigenvalue weighted by atomic mass is 32.2. The first-order valence-corrected chi connectivity index (χ1v) is 9.21. The van der Waals surface area contributed by atoms with E-state index in [1.54, 1.807) is 35.6 Å². The van der Waals surface area contributed by atoms with Gasteiger partial charge in [0.1, 0.15) is 5.69 Å². The highest BCUT2D eigenvalue weighted by Gasteiger charge is 2.28. The highest BCUT2D eigenvalue weighted by Crippen LogP contribution is 2.26. The van der Waals surface area contributed by atoms with Crippen molar-refractivity contribution in [3.63, 3.8) is 0 Å². The van der Waals surface area contributed by atoms with Crippen molar-refractivity contribution < 1.29 is 13.2 Å². The number of nitrogens with one attached hydrogen (secondary N) is 2. The van der Waals surface area contributed by atoms with Crippen LogP contribution in [0.3, 0.4) is 0 Å². The molecule has 7 heteroatoms. The molecule has 1 fully saturated rings. The molecule has 2 heterocycles. The van der Waals surface area contributed by atoms with Gasteiger partial charge in [0.25, 0.3) is 5.91 Å². The predicted octanol–water partition coefficient (Wildman–Crippen LogP) is 1.95. The maximum Gasteiger partial charge on any atom is 0.267 e. The molecule has 1 aromatic carbocycles. The Morgan fingerprint density at radius 3 is 2.61 bits per heavy atom. The first kappa shape index (κ1) is 16.0. The van der Waals surface area contributed by atoms with Gasteiger partial charge in [0, 0.05) is 31.0 Å². The SMILES string of the molecule is CNC(=O)c1cc2cc(S(=O)(=O)N3CCC(C)CC3)ccc2[nH]1. The minimum Gasteiger partial charge on any atom is -0.354 e. The number of nitrogens with zero attached hydrogens (tertiary/aromatic N) is 1. The molecule has 1 amide bonds. The number of H-pyrrole nitrogens is 1. The second-order valence-electron chi connectivity index (χ2n) is 6.10. The summed E-state index contributed by atoms with van der Waals surface area (Å²) in [6, 6.07) is 6.61. The number of rotatable bonds is 3. The zero-order valence-corrected chi connectivity index (χ0v) is 14.1. The number of aromatic amines is 1. The van der Waals surface area contributed by atoms with Crippen LogP contribution in [0, 0.1) is 5.92 Å². The molecular formula is C16H21N3O3S. The Morgan fingerprint density at radius 2 is 1.96 bits per heavy atom. The van der Waals surface area contributed by atoms with Gasteiger partial charge in [-0.2, -0.15) is 4.31 Å². The molecule has 1 aromatic heterocycles. The standard InChI is InChI=1S/C16H21N3O3S/c1-11-5-7-19(8-6-11)23(21,22)13-3-4-14-12(9-13)10-15(18-14)16(20)17-2/h3-4,9-11,18H,5-8H2,1-2H3,(H,17,20). The lowest BCUT2D eigenvalue weighted by Gasteiger charge is -2.29. The number of amides is 1. The molecule has 0 spiro atoms. The molecule has 23 heavy (non-hydrogen) atoms. The first-order valence-electron chi connectivity index (χ1n) is 7.77. The van der Waals surface area contributed by atoms with E-state index in [0.29, 0.717) is 24.7 Å². The minimum absolute atomic E-state index is 0.226. The average molecular weight is 335 g/mol. The van der Waals surface area contributed by atoms with Gasteiger partial charge in [-0.3, -0.25) is 4.79 Å². The third kappa shape index (κ3) is 2.98. The number of carbonyl (C=O) groups is 1. The second kappa shape index (κ2) is 5.98. The fraction of sp³-hybridized carbons (Fsp3) is 0.438. The molecule has 1 aliphatic rings. The van der Waals surface area contributed by atoms with Crippen LogP contribution in [0.4, 0.5) is 0 Å². The topological polar surface area (TPSA) is 82.3 Å². The van der Waals surface area contributed by atoms with E-state index in [2.05, 4.69) is 17.2 Å². The number of benzene rings is 1. The lowest BCUT2D eigenvalue weighted by molar-refractivity contribution is 0.0959. The maximum absolute atomic E-state index is 12.8. The number of piperidine rings is 1. The van der Waals surface area contributed by atoms with Crippen LogP contribution in [0.15, 0.2) is 29.2 Å². The monoisotopic (exact) mass is 335 g/mol. The van der Waals surface area contributed by atoms with E-state index in [-0.39, 0.29) is 10.8 Å². The molecule has 2 aromatic rings. The highest BCUT2D eigenvalue weighted by molar-refractivity contribution is 7.89. The van der Waals surface area contributed by atoms with E-state index in [4.69, 9.17) is 0 Å². The van der Waals surface area contributed by atoms with Gasteiger partial charge < -0.3 is 10.3 Å². The molecule has 3 rings (SSSR count). The van der Waals surface area contributed by atoms with E-state index < -0.39 is 10.0 Å². The summed E-state index contributed by atoms with van der Waals surface area (Å²) in [5, 5.41) is 3.26. The van der Waals surface area contributed by atoms with Gasteiger partial charge in [-0.1, -0.05) is 6.92 Å². The predicted molar refractivity (Wildman–Crippen MR) is 88.8 cm³/mol. The van der Waals surface area contributed by atoms with Gasteiger partial charge in [-0.05, 0) is 43.0 Å². The van der Waals surface area contributed by atoms with Crippen molar-refractivity contribution in [1.29, 1.82) is 0 Å². The molecule has 0 radical (unpaired) electrons. The summed E-state index contributed by atoms with van der Waals surface area (Å²) in [5.74, 6) is 0.347. The molecule has 1 aliphatic heterocycles. The molecule has 0 saturated carbocycles. The molecular weight excluding hydrogens is 314 g/mol. The van der Waals surface area contributed by atoms with E-state index in [1.807, 2.05) is 0 Å². The molecule has 0 unspecified atom stereocenters. The van der Waals surface area contributed by atoms with Crippen molar-refractivity contribution in [2.24, 2.45) is 5.92 Å². The Kier molecular flexibility index (Phi) is 4.16. The number of sulfonamides is 1. The van der Waals surface area contributed by atoms with E-state index in [0.717, 1.165) is 23.7 Å². The summed E-state index contributed by atoms with van der Waals surface area (Å²) in [7, 11) is -1.92. The van der Waals surface area contributed by atoms with Gasteiger partial charge in [0.15, 0.2) is 0 Å². The number of aromatic nitrogens is 1. The zero-order valence-electron chi connectivity index (χ0n) is 13.3. The largest absolute Gasteiger partial charge is 0.354 e. The van der Waals surface area contributed by atoms with E-state index in [1.165, 1.54) is 0 Å². The molecule has 124 valence electrons. The fourth-order valence-corrected chi connectivity index (χ4v) is 4.41. The second-order valence-corrected chi connectivity index (χ2v) is 8.04. The van der Waals surface area contributed by atoms with Crippen LogP contribution >= 0.6 is 0 Å². The first-order chi connectivity index (χ1) is 10.9. The Balaban J connectivity index is 1.94. The van der Waals surface area contributed by atoms with Crippen molar-refractivity contribution in [3.8, 4) is 0 Å². The maximum atomic E-state index is 12.8. The molecule has 6 nitrogen and oxygen atoms in total. The molecule has 0 aliphatic carbocycles. The smallest absolute Gasteiger partial charge is 0.267 e. The van der Waals surface area contributed by atoms with Gasteiger partial charge in [0.2, 0.25) is 10.0 Å². The summed E-state index contributed by atoms with van der Waals surface area (Å²) in [6.07, 6.45) is 1.79. The lowest BCUT2D eigenvalue weighted by atomic mass is 10.0. The molecule has 0 bridgehead atoms. The quantitative estimate of drug-likeness (QED) is 0.899. The summed E-state index contributed by atoms with van der Waals surface area (Å²) in [5.41, 5.74) is 1.17. The number of hydrogen-bond donors (Lipinski definition) is 2. The van der Waals surface area contributed by atoms with Crippen LogP contribution in [0.5, 0.6) is 0 Å². The van der Waals surface area contributed by atoms with Crippen LogP contribution in [0.1, 0.15) is 30.3 Å². The van der Waals surface area contributed by atoms with Crippen molar-refractivity contribution in [3.05, 3.63) is 30.0 Å². The fourth-order valence-electron chi connectivity index (χ4n) is 2.90. The van der Waals surface area contributed by atoms with Crippen molar-refractivity contribution >= 4 is 26.8 Å². The van der Waals surface area contributed by atoms with Gasteiger partial charge in [-0.15, -0.1) is 0 Å². The van der Waals surface area contributed by atoms with Crippen LogP contribution in [-0.4, -0.2) is 43.8 Å². The van der Waals surface area contributed by atoms with Crippen molar-refractivity contribution in [2.45, 2.75) is 24.7 Å². The normalized spacial score (nSPS) is 17.5. The Labute approximate surface area is 135 Å². The average Bonchev–Trinajstić information content (AvgIpc) is 2.97. The minimum atomic E-state index is -3.47. The zero-order chi connectivity index (χ0) is 16.6. The van der Waals surface area contributed by atoms with Crippen LogP contribution in [0.2, 0.25) is 0 Å². The summed E-state index contributed by atoms with van der Waals surface area (Å²) < 4.78 is 27.1. The van der Waals surface area contributed by atoms with Crippen LogP contribution < -0.4 is 5.32 Å². The summed E-state index contributed by atoms with van der Waals surface area (Å²) in [6.45, 7) is 3.28. The van der Waals surface area contributed by atoms with Gasteiger partial charge in [0.05, 0.1) is 4.90 Å². The molecule has 2 N–H and O–H groups in total. The number of hydrogen-bond acceptors (Lipinski definition) is 3. The Bertz CT molecular complexity index is 833. The van der Waals surface area contributed by atoms with E-state index in [9.17, 15) is 13.2 Å². The Hall–Kier alpha value is -1.86. The molecule has 0 atom stereocenters.